The van der Waals surface area contributed by atoms with E-state index in [1.54, 1.807) is 59.5 Å². The zero-order chi connectivity index (χ0) is 22.2. The van der Waals surface area contributed by atoms with E-state index in [-0.39, 0.29) is 11.7 Å². The third-order valence-corrected chi connectivity index (χ3v) is 6.84. The number of hydrogen-bond acceptors (Lipinski definition) is 6. The van der Waals surface area contributed by atoms with Gasteiger partial charge in [0.25, 0.3) is 5.91 Å². The van der Waals surface area contributed by atoms with Crippen molar-refractivity contribution in [3.05, 3.63) is 65.6 Å². The predicted molar refractivity (Wildman–Crippen MR) is 123 cm³/mol. The normalized spacial score (nSPS) is 14.2. The van der Waals surface area contributed by atoms with Crippen LogP contribution in [0.15, 0.2) is 48.5 Å². The summed E-state index contributed by atoms with van der Waals surface area (Å²) in [5.41, 5.74) is 3.10. The van der Waals surface area contributed by atoms with Crippen molar-refractivity contribution in [2.45, 2.75) is 6.92 Å². The number of rotatable bonds is 4. The van der Waals surface area contributed by atoms with Crippen LogP contribution in [-0.4, -0.2) is 58.9 Å². The third kappa shape index (κ3) is 3.69. The number of thiazole rings is 1. The Morgan fingerprint density at radius 2 is 1.72 bits per heavy atom. The Morgan fingerprint density at radius 1 is 1.03 bits per heavy atom. The SMILES string of the molecule is COc1ccc(C(=O)N2CCN(c3nc4c(s3)c(C)nn4-c3ccc(F)cc3)CC2)cc1. The number of aryl methyl sites for hydroxylation is 1. The molecule has 2 aromatic carbocycles. The summed E-state index contributed by atoms with van der Waals surface area (Å²) in [6, 6.07) is 13.4. The van der Waals surface area contributed by atoms with E-state index in [2.05, 4.69) is 10.00 Å². The second kappa shape index (κ2) is 8.23. The number of benzene rings is 2. The van der Waals surface area contributed by atoms with Gasteiger partial charge in [-0.25, -0.2) is 9.07 Å². The average molecular weight is 452 g/mol. The second-order valence-electron chi connectivity index (χ2n) is 7.63. The first-order valence-electron chi connectivity index (χ1n) is 10.3. The molecule has 0 aliphatic carbocycles. The summed E-state index contributed by atoms with van der Waals surface area (Å²) in [6.45, 7) is 4.63. The van der Waals surface area contributed by atoms with Crippen LogP contribution in [0.4, 0.5) is 9.52 Å². The van der Waals surface area contributed by atoms with Crippen LogP contribution < -0.4 is 9.64 Å². The van der Waals surface area contributed by atoms with Gasteiger partial charge < -0.3 is 14.5 Å². The van der Waals surface area contributed by atoms with Gasteiger partial charge in [0.05, 0.1) is 23.2 Å². The molecule has 1 fully saturated rings. The maximum atomic E-state index is 13.3. The fourth-order valence-corrected chi connectivity index (χ4v) is 4.88. The first-order valence-corrected chi connectivity index (χ1v) is 11.2. The van der Waals surface area contributed by atoms with Gasteiger partial charge >= 0.3 is 0 Å². The minimum Gasteiger partial charge on any atom is -0.497 e. The molecule has 0 spiro atoms. The number of piperazine rings is 1. The highest BCUT2D eigenvalue weighted by atomic mass is 32.1. The van der Waals surface area contributed by atoms with Gasteiger partial charge in [-0.15, -0.1) is 0 Å². The highest BCUT2D eigenvalue weighted by Crippen LogP contribution is 2.33. The Hall–Kier alpha value is -3.46. The van der Waals surface area contributed by atoms with Crippen molar-refractivity contribution in [3.8, 4) is 11.4 Å². The molecule has 164 valence electrons. The molecule has 9 heteroatoms. The number of halogens is 1. The van der Waals surface area contributed by atoms with E-state index in [0.717, 1.165) is 32.6 Å². The Kier molecular flexibility index (Phi) is 5.26. The Morgan fingerprint density at radius 3 is 2.38 bits per heavy atom. The second-order valence-corrected chi connectivity index (χ2v) is 8.61. The van der Waals surface area contributed by atoms with Crippen LogP contribution >= 0.6 is 11.3 Å². The number of nitrogens with zero attached hydrogens (tertiary/aromatic N) is 5. The van der Waals surface area contributed by atoms with Crippen molar-refractivity contribution in [1.29, 1.82) is 0 Å². The smallest absolute Gasteiger partial charge is 0.253 e. The highest BCUT2D eigenvalue weighted by Gasteiger charge is 2.25. The third-order valence-electron chi connectivity index (χ3n) is 5.62. The summed E-state index contributed by atoms with van der Waals surface area (Å²) < 4.78 is 21.3. The molecule has 1 saturated heterocycles. The molecular weight excluding hydrogens is 429 g/mol. The molecule has 0 atom stereocenters. The van der Waals surface area contributed by atoms with Crippen LogP contribution in [0.1, 0.15) is 16.1 Å². The molecule has 7 nitrogen and oxygen atoms in total. The molecule has 1 amide bonds. The van der Waals surface area contributed by atoms with E-state index in [0.29, 0.717) is 31.7 Å². The number of ether oxygens (including phenoxy) is 1. The summed E-state index contributed by atoms with van der Waals surface area (Å²) >= 11 is 1.60. The zero-order valence-electron chi connectivity index (χ0n) is 17.8. The number of carbonyl (C=O) groups excluding carboxylic acids is 1. The first-order chi connectivity index (χ1) is 15.5. The maximum absolute atomic E-state index is 13.3. The van der Waals surface area contributed by atoms with Gasteiger partial charge in [0.15, 0.2) is 10.8 Å². The summed E-state index contributed by atoms with van der Waals surface area (Å²) in [5, 5.41) is 5.49. The molecule has 5 rings (SSSR count). The molecule has 0 N–H and O–H groups in total. The Bertz CT molecular complexity index is 1260. The lowest BCUT2D eigenvalue weighted by Crippen LogP contribution is -2.48. The van der Waals surface area contributed by atoms with Crippen LogP contribution in [0.3, 0.4) is 0 Å². The summed E-state index contributed by atoms with van der Waals surface area (Å²) in [7, 11) is 1.61. The Labute approximate surface area is 188 Å². The van der Waals surface area contributed by atoms with Crippen LogP contribution in [0.25, 0.3) is 16.0 Å². The Balaban J connectivity index is 1.32. The van der Waals surface area contributed by atoms with Crippen LogP contribution in [0.2, 0.25) is 0 Å². The van der Waals surface area contributed by atoms with Gasteiger partial charge in [0.2, 0.25) is 0 Å². The molecule has 4 aromatic rings. The van der Waals surface area contributed by atoms with Gasteiger partial charge in [0, 0.05) is 31.7 Å². The summed E-state index contributed by atoms with van der Waals surface area (Å²) in [4.78, 5) is 21.7. The zero-order valence-corrected chi connectivity index (χ0v) is 18.6. The summed E-state index contributed by atoms with van der Waals surface area (Å²) in [5.74, 6) is 0.478. The largest absolute Gasteiger partial charge is 0.497 e. The van der Waals surface area contributed by atoms with Crippen molar-refractivity contribution in [1.82, 2.24) is 19.7 Å². The van der Waals surface area contributed by atoms with Crippen molar-refractivity contribution in [3.63, 3.8) is 0 Å². The van der Waals surface area contributed by atoms with Gasteiger partial charge in [-0.2, -0.15) is 10.1 Å². The quantitative estimate of drug-likeness (QED) is 0.471. The molecule has 1 aliphatic rings. The van der Waals surface area contributed by atoms with E-state index >= 15 is 0 Å². The van der Waals surface area contributed by atoms with Crippen molar-refractivity contribution < 1.29 is 13.9 Å². The molecule has 0 bridgehead atoms. The number of hydrogen-bond donors (Lipinski definition) is 0. The number of carbonyl (C=O) groups is 1. The molecular formula is C23H22FN5O2S. The molecule has 0 radical (unpaired) electrons. The van der Waals surface area contributed by atoms with Crippen molar-refractivity contribution >= 4 is 32.7 Å². The lowest BCUT2D eigenvalue weighted by Gasteiger charge is -2.34. The van der Waals surface area contributed by atoms with Gasteiger partial charge in [0.1, 0.15) is 11.6 Å². The van der Waals surface area contributed by atoms with Gasteiger partial charge in [-0.1, -0.05) is 11.3 Å². The fourth-order valence-electron chi connectivity index (χ4n) is 3.84. The molecule has 3 heterocycles. The number of anilines is 1. The minimum atomic E-state index is -0.283. The molecule has 32 heavy (non-hydrogen) atoms. The van der Waals surface area contributed by atoms with E-state index in [4.69, 9.17) is 9.72 Å². The van der Waals surface area contributed by atoms with E-state index in [1.807, 2.05) is 11.8 Å². The first kappa shape index (κ1) is 20.4. The van der Waals surface area contributed by atoms with E-state index in [9.17, 15) is 9.18 Å². The monoisotopic (exact) mass is 451 g/mol. The molecule has 1 aliphatic heterocycles. The van der Waals surface area contributed by atoms with Crippen molar-refractivity contribution in [2.75, 3.05) is 38.2 Å². The van der Waals surface area contributed by atoms with Crippen molar-refractivity contribution in [2.24, 2.45) is 0 Å². The maximum Gasteiger partial charge on any atom is 0.253 e. The number of amides is 1. The number of methoxy groups -OCH3 is 1. The van der Waals surface area contributed by atoms with Crippen LogP contribution in [0.5, 0.6) is 5.75 Å². The highest BCUT2D eigenvalue weighted by molar-refractivity contribution is 7.22. The van der Waals surface area contributed by atoms with Crippen LogP contribution in [-0.2, 0) is 0 Å². The molecule has 0 unspecified atom stereocenters. The topological polar surface area (TPSA) is 63.5 Å². The molecule has 0 saturated carbocycles. The minimum absolute atomic E-state index is 0.0272. The number of aromatic nitrogens is 3. The van der Waals surface area contributed by atoms with E-state index < -0.39 is 0 Å². The lowest BCUT2D eigenvalue weighted by molar-refractivity contribution is 0.0746. The van der Waals surface area contributed by atoms with Gasteiger partial charge in [-0.3, -0.25) is 4.79 Å². The lowest BCUT2D eigenvalue weighted by atomic mass is 10.1. The standard InChI is InChI=1S/C23H22FN5O2S/c1-15-20-21(29(26-15)18-7-5-17(24)6-8-18)25-23(32-20)28-13-11-27(12-14-28)22(30)16-3-9-19(31-2)10-4-16/h3-10H,11-14H2,1-2H3. The number of fused-ring (bicyclic) bond motifs is 1. The predicted octanol–water partition coefficient (Wildman–Crippen LogP) is 3.90. The molecule has 2 aromatic heterocycles. The van der Waals surface area contributed by atoms with E-state index in [1.165, 1.54) is 12.1 Å². The average Bonchev–Trinajstić information content (AvgIpc) is 3.40. The van der Waals surface area contributed by atoms with Gasteiger partial charge in [-0.05, 0) is 55.5 Å². The fraction of sp³-hybridized carbons (Fsp3) is 0.261. The summed E-state index contributed by atoms with van der Waals surface area (Å²) in [6.07, 6.45) is 0. The van der Waals surface area contributed by atoms with Crippen LogP contribution in [0, 0.1) is 12.7 Å².